The molecule has 0 spiro atoms. The van der Waals surface area contributed by atoms with Gasteiger partial charge in [-0.1, -0.05) is 20.3 Å². The fourth-order valence-corrected chi connectivity index (χ4v) is 1.25. The molecule has 0 aliphatic rings. The highest BCUT2D eigenvalue weighted by atomic mass is 32.1. The molecule has 56 valence electrons. The molecule has 2 N–H and O–H groups in total. The van der Waals surface area contributed by atoms with Gasteiger partial charge in [-0.25, -0.2) is 0 Å². The van der Waals surface area contributed by atoms with Gasteiger partial charge in [0.05, 0.1) is 0 Å². The predicted octanol–water partition coefficient (Wildman–Crippen LogP) is 1.54. The van der Waals surface area contributed by atoms with Crippen LogP contribution in [0.4, 0.5) is 0 Å². The van der Waals surface area contributed by atoms with E-state index in [9.17, 15) is 0 Å². The molecule has 2 unspecified atom stereocenters. The topological polar surface area (TPSA) is 26.0 Å². The lowest BCUT2D eigenvalue weighted by Gasteiger charge is -2.18. The smallest absolute Gasteiger partial charge is 0.00461 e. The zero-order chi connectivity index (χ0) is 7.28. The van der Waals surface area contributed by atoms with Crippen LogP contribution in [0.1, 0.15) is 20.3 Å². The summed E-state index contributed by atoms with van der Waals surface area (Å²) in [4.78, 5) is 0. The van der Waals surface area contributed by atoms with Gasteiger partial charge < -0.3 is 5.73 Å². The van der Waals surface area contributed by atoms with Crippen LogP contribution in [0, 0.1) is 11.8 Å². The third-order valence-electron chi connectivity index (χ3n) is 1.92. The summed E-state index contributed by atoms with van der Waals surface area (Å²) in [6.45, 7) is 5.18. The molecule has 0 amide bonds. The van der Waals surface area contributed by atoms with Crippen molar-refractivity contribution < 1.29 is 0 Å². The Bertz CT molecular complexity index is 61.9. The monoisotopic (exact) mass is 147 g/mol. The molecule has 0 saturated heterocycles. The Morgan fingerprint density at radius 3 is 2.22 bits per heavy atom. The highest BCUT2D eigenvalue weighted by Gasteiger charge is 2.10. The molecular formula is C7H17NS. The van der Waals surface area contributed by atoms with Gasteiger partial charge in [0.2, 0.25) is 0 Å². The second-order valence-corrected chi connectivity index (χ2v) is 2.93. The fraction of sp³-hybridized carbons (Fsp3) is 1.00. The van der Waals surface area contributed by atoms with Crippen LogP contribution in [-0.2, 0) is 0 Å². The van der Waals surface area contributed by atoms with Gasteiger partial charge in [-0.2, -0.15) is 12.6 Å². The van der Waals surface area contributed by atoms with E-state index in [-0.39, 0.29) is 0 Å². The SMILES string of the molecule is CCC(CN)C(C)CS. The van der Waals surface area contributed by atoms with Crippen LogP contribution in [0.25, 0.3) is 0 Å². The molecule has 2 heteroatoms. The van der Waals surface area contributed by atoms with Gasteiger partial charge in [-0.3, -0.25) is 0 Å². The standard InChI is InChI=1S/C7H17NS/c1-3-7(4-8)6(2)5-9/h6-7,9H,3-5,8H2,1-2H3. The minimum atomic E-state index is 0.669. The lowest BCUT2D eigenvalue weighted by Crippen LogP contribution is -2.21. The fourth-order valence-electron chi connectivity index (χ4n) is 0.950. The van der Waals surface area contributed by atoms with Crippen LogP contribution in [-0.4, -0.2) is 12.3 Å². The molecule has 0 radical (unpaired) electrons. The molecular weight excluding hydrogens is 130 g/mol. The molecule has 0 aliphatic carbocycles. The summed E-state index contributed by atoms with van der Waals surface area (Å²) < 4.78 is 0. The largest absolute Gasteiger partial charge is 0.330 e. The second kappa shape index (κ2) is 5.12. The predicted molar refractivity (Wildman–Crippen MR) is 45.9 cm³/mol. The first-order chi connectivity index (χ1) is 4.26. The molecule has 0 fully saturated rings. The van der Waals surface area contributed by atoms with E-state index >= 15 is 0 Å². The summed E-state index contributed by atoms with van der Waals surface area (Å²) in [5.41, 5.74) is 5.53. The van der Waals surface area contributed by atoms with Crippen molar-refractivity contribution >= 4 is 12.6 Å². The van der Waals surface area contributed by atoms with Gasteiger partial charge in [-0.05, 0) is 24.1 Å². The molecule has 0 saturated carbocycles. The van der Waals surface area contributed by atoms with E-state index in [0.29, 0.717) is 11.8 Å². The summed E-state index contributed by atoms with van der Waals surface area (Å²) in [6.07, 6.45) is 1.18. The van der Waals surface area contributed by atoms with Crippen LogP contribution in [0.15, 0.2) is 0 Å². The van der Waals surface area contributed by atoms with Crippen LogP contribution in [0.5, 0.6) is 0 Å². The zero-order valence-corrected chi connectivity index (χ0v) is 7.20. The maximum atomic E-state index is 5.53. The Labute approximate surface area is 63.4 Å². The van der Waals surface area contributed by atoms with Crippen molar-refractivity contribution in [2.75, 3.05) is 12.3 Å². The van der Waals surface area contributed by atoms with Crippen LogP contribution in [0.3, 0.4) is 0 Å². The van der Waals surface area contributed by atoms with Gasteiger partial charge in [0.1, 0.15) is 0 Å². The summed E-state index contributed by atoms with van der Waals surface area (Å²) >= 11 is 4.21. The molecule has 0 heterocycles. The molecule has 0 aromatic carbocycles. The third-order valence-corrected chi connectivity index (χ3v) is 2.50. The molecule has 0 aliphatic heterocycles. The van der Waals surface area contributed by atoms with Crippen molar-refractivity contribution in [3.05, 3.63) is 0 Å². The Morgan fingerprint density at radius 2 is 2.11 bits per heavy atom. The zero-order valence-electron chi connectivity index (χ0n) is 6.30. The van der Waals surface area contributed by atoms with Crippen molar-refractivity contribution in [2.45, 2.75) is 20.3 Å². The van der Waals surface area contributed by atoms with Crippen molar-refractivity contribution in [2.24, 2.45) is 17.6 Å². The van der Waals surface area contributed by atoms with E-state index in [1.165, 1.54) is 6.42 Å². The second-order valence-electron chi connectivity index (χ2n) is 2.56. The van der Waals surface area contributed by atoms with E-state index in [1.54, 1.807) is 0 Å². The molecule has 9 heavy (non-hydrogen) atoms. The van der Waals surface area contributed by atoms with E-state index < -0.39 is 0 Å². The van der Waals surface area contributed by atoms with Gasteiger partial charge in [0, 0.05) is 0 Å². The van der Waals surface area contributed by atoms with E-state index in [0.717, 1.165) is 12.3 Å². The molecule has 2 atom stereocenters. The maximum Gasteiger partial charge on any atom is -0.00461 e. The Kier molecular flexibility index (Phi) is 5.30. The highest BCUT2D eigenvalue weighted by Crippen LogP contribution is 2.14. The van der Waals surface area contributed by atoms with Crippen molar-refractivity contribution in [1.29, 1.82) is 0 Å². The maximum absolute atomic E-state index is 5.53. The normalized spacial score (nSPS) is 17.3. The summed E-state index contributed by atoms with van der Waals surface area (Å²) in [6, 6.07) is 0. The summed E-state index contributed by atoms with van der Waals surface area (Å²) in [5, 5.41) is 0. The number of hydrogen-bond donors (Lipinski definition) is 2. The molecule has 0 aromatic rings. The van der Waals surface area contributed by atoms with Gasteiger partial charge >= 0.3 is 0 Å². The van der Waals surface area contributed by atoms with Crippen LogP contribution < -0.4 is 5.73 Å². The number of nitrogens with two attached hydrogens (primary N) is 1. The third kappa shape index (κ3) is 3.11. The Morgan fingerprint density at radius 1 is 1.56 bits per heavy atom. The number of thiol groups is 1. The van der Waals surface area contributed by atoms with Crippen LogP contribution >= 0.6 is 12.6 Å². The van der Waals surface area contributed by atoms with Crippen molar-refractivity contribution in [1.82, 2.24) is 0 Å². The quantitative estimate of drug-likeness (QED) is 0.580. The molecule has 0 aromatic heterocycles. The van der Waals surface area contributed by atoms with Crippen molar-refractivity contribution in [3.8, 4) is 0 Å². The highest BCUT2D eigenvalue weighted by molar-refractivity contribution is 7.80. The Balaban J connectivity index is 3.50. The minimum absolute atomic E-state index is 0.669. The average molecular weight is 147 g/mol. The van der Waals surface area contributed by atoms with Gasteiger partial charge in [0.25, 0.3) is 0 Å². The number of hydrogen-bond acceptors (Lipinski definition) is 2. The molecule has 0 bridgehead atoms. The minimum Gasteiger partial charge on any atom is -0.330 e. The van der Waals surface area contributed by atoms with Crippen molar-refractivity contribution in [3.63, 3.8) is 0 Å². The first kappa shape index (κ1) is 9.31. The summed E-state index contributed by atoms with van der Waals surface area (Å²) in [7, 11) is 0. The van der Waals surface area contributed by atoms with E-state index in [2.05, 4.69) is 26.5 Å². The summed E-state index contributed by atoms with van der Waals surface area (Å²) in [5.74, 6) is 2.29. The first-order valence-corrected chi connectivity index (χ1v) is 4.20. The van der Waals surface area contributed by atoms with E-state index in [4.69, 9.17) is 5.73 Å². The van der Waals surface area contributed by atoms with E-state index in [1.807, 2.05) is 0 Å². The van der Waals surface area contributed by atoms with Gasteiger partial charge in [-0.15, -0.1) is 0 Å². The lowest BCUT2D eigenvalue weighted by atomic mass is 9.93. The first-order valence-electron chi connectivity index (χ1n) is 3.57. The average Bonchev–Trinajstić information content (AvgIpc) is 1.90. The molecule has 0 rings (SSSR count). The molecule has 1 nitrogen and oxygen atoms in total. The van der Waals surface area contributed by atoms with Crippen LogP contribution in [0.2, 0.25) is 0 Å². The lowest BCUT2D eigenvalue weighted by molar-refractivity contribution is 0.389. The number of rotatable bonds is 4. The Hall–Kier alpha value is 0.310. The van der Waals surface area contributed by atoms with Gasteiger partial charge in [0.15, 0.2) is 0 Å².